The normalized spacial score (nSPS) is 15.4. The van der Waals surface area contributed by atoms with Gasteiger partial charge in [-0.25, -0.2) is 4.79 Å². The fourth-order valence-electron chi connectivity index (χ4n) is 3.54. The van der Waals surface area contributed by atoms with Gasteiger partial charge in [0.05, 0.1) is 24.5 Å². The Balaban J connectivity index is 1.75. The second-order valence-electron chi connectivity index (χ2n) is 6.63. The molecule has 3 aromatic rings. The van der Waals surface area contributed by atoms with Crippen LogP contribution >= 0.6 is 0 Å². The highest BCUT2D eigenvalue weighted by Crippen LogP contribution is 2.43. The molecule has 1 unspecified atom stereocenters. The number of pyridine rings is 1. The molecule has 0 aliphatic heterocycles. The third kappa shape index (κ3) is 2.71. The lowest BCUT2D eigenvalue weighted by Gasteiger charge is -2.16. The van der Waals surface area contributed by atoms with Crippen molar-refractivity contribution < 1.29 is 13.9 Å². The lowest BCUT2D eigenvalue weighted by molar-refractivity contribution is 0.0486. The average molecular weight is 351 g/mol. The molecule has 0 radical (unpaired) electrons. The van der Waals surface area contributed by atoms with Gasteiger partial charge in [-0.1, -0.05) is 13.0 Å². The van der Waals surface area contributed by atoms with E-state index in [1.165, 1.54) is 5.56 Å². The molecule has 0 saturated carbocycles. The summed E-state index contributed by atoms with van der Waals surface area (Å²) in [6.45, 7) is 6.76. The molecule has 3 aromatic heterocycles. The summed E-state index contributed by atoms with van der Waals surface area (Å²) in [6, 6.07) is 5.85. The first-order valence-electron chi connectivity index (χ1n) is 8.85. The van der Waals surface area contributed by atoms with E-state index in [0.29, 0.717) is 13.2 Å². The Morgan fingerprint density at radius 1 is 1.42 bits per heavy atom. The third-order valence-electron chi connectivity index (χ3n) is 4.78. The minimum Gasteiger partial charge on any atom is -0.460 e. The van der Waals surface area contributed by atoms with Gasteiger partial charge in [0.25, 0.3) is 0 Å². The van der Waals surface area contributed by atoms with Crippen LogP contribution in [-0.4, -0.2) is 27.3 Å². The fraction of sp³-hybridized carbons (Fsp3) is 0.350. The number of carbonyl (C=O) groups is 1. The van der Waals surface area contributed by atoms with Crippen LogP contribution in [0.3, 0.4) is 0 Å². The lowest BCUT2D eigenvalue weighted by atomic mass is 9.86. The van der Waals surface area contributed by atoms with Gasteiger partial charge in [0, 0.05) is 35.5 Å². The van der Waals surface area contributed by atoms with Crippen LogP contribution in [0.5, 0.6) is 0 Å². The molecule has 1 atom stereocenters. The minimum absolute atomic E-state index is 0.274. The maximum absolute atomic E-state index is 12.2. The summed E-state index contributed by atoms with van der Waals surface area (Å²) in [5.41, 5.74) is 4.76. The second kappa shape index (κ2) is 6.44. The van der Waals surface area contributed by atoms with E-state index < -0.39 is 5.97 Å². The molecule has 134 valence electrons. The molecule has 26 heavy (non-hydrogen) atoms. The lowest BCUT2D eigenvalue weighted by Crippen LogP contribution is -2.06. The van der Waals surface area contributed by atoms with E-state index in [-0.39, 0.29) is 11.7 Å². The van der Waals surface area contributed by atoms with Gasteiger partial charge in [0.15, 0.2) is 0 Å². The van der Waals surface area contributed by atoms with Gasteiger partial charge in [-0.2, -0.15) is 5.10 Å². The SMILES string of the molecule is CCOC(=O)c1oc2c(c1C)-c1nn(Cc3ccccn3)cc1C(C)C2. The first kappa shape index (κ1) is 16.6. The standard InChI is InChI=1S/C20H21N3O3/c1-4-25-20(24)19-13(3)17-16(26-19)9-12(2)15-11-23(22-18(15)17)10-14-7-5-6-8-21-14/h5-8,11-12H,4,9-10H2,1-3H3. The average Bonchev–Trinajstić information content (AvgIpc) is 3.17. The maximum Gasteiger partial charge on any atom is 0.374 e. The molecule has 0 aromatic carbocycles. The van der Waals surface area contributed by atoms with Gasteiger partial charge in [-0.15, -0.1) is 0 Å². The predicted octanol–water partition coefficient (Wildman–Crippen LogP) is 3.73. The van der Waals surface area contributed by atoms with E-state index in [4.69, 9.17) is 14.3 Å². The first-order chi connectivity index (χ1) is 12.6. The van der Waals surface area contributed by atoms with Crippen LogP contribution in [0.15, 0.2) is 35.0 Å². The Hall–Kier alpha value is -2.89. The third-order valence-corrected chi connectivity index (χ3v) is 4.78. The van der Waals surface area contributed by atoms with Crippen molar-refractivity contribution in [2.24, 2.45) is 0 Å². The highest BCUT2D eigenvalue weighted by molar-refractivity contribution is 5.91. The smallest absolute Gasteiger partial charge is 0.374 e. The van der Waals surface area contributed by atoms with Crippen LogP contribution in [0.2, 0.25) is 0 Å². The van der Waals surface area contributed by atoms with Crippen LogP contribution in [-0.2, 0) is 17.7 Å². The van der Waals surface area contributed by atoms with Gasteiger partial charge in [0.1, 0.15) is 5.76 Å². The van der Waals surface area contributed by atoms with E-state index in [0.717, 1.165) is 34.7 Å². The molecule has 0 saturated heterocycles. The largest absolute Gasteiger partial charge is 0.460 e. The molecular formula is C20H21N3O3. The van der Waals surface area contributed by atoms with E-state index in [9.17, 15) is 4.79 Å². The van der Waals surface area contributed by atoms with Crippen LogP contribution in [0.1, 0.15) is 52.9 Å². The molecule has 4 rings (SSSR count). The molecule has 3 heterocycles. The Labute approximate surface area is 151 Å². The predicted molar refractivity (Wildman–Crippen MR) is 96.1 cm³/mol. The van der Waals surface area contributed by atoms with Crippen molar-refractivity contribution in [3.05, 3.63) is 58.9 Å². The minimum atomic E-state index is -0.415. The van der Waals surface area contributed by atoms with Crippen molar-refractivity contribution in [2.75, 3.05) is 6.61 Å². The fourth-order valence-corrected chi connectivity index (χ4v) is 3.54. The number of esters is 1. The van der Waals surface area contributed by atoms with E-state index in [1.807, 2.05) is 29.8 Å². The summed E-state index contributed by atoms with van der Waals surface area (Å²) >= 11 is 0. The summed E-state index contributed by atoms with van der Waals surface area (Å²) < 4.78 is 12.9. The summed E-state index contributed by atoms with van der Waals surface area (Å²) in [4.78, 5) is 16.5. The van der Waals surface area contributed by atoms with Gasteiger partial charge < -0.3 is 9.15 Å². The molecule has 0 spiro atoms. The molecule has 1 aliphatic rings. The van der Waals surface area contributed by atoms with Crippen LogP contribution in [0.4, 0.5) is 0 Å². The Kier molecular flexibility index (Phi) is 4.11. The van der Waals surface area contributed by atoms with Crippen LogP contribution < -0.4 is 0 Å². The molecular weight excluding hydrogens is 330 g/mol. The second-order valence-corrected chi connectivity index (χ2v) is 6.63. The Morgan fingerprint density at radius 2 is 2.27 bits per heavy atom. The first-order valence-corrected chi connectivity index (χ1v) is 8.85. The number of furan rings is 1. The summed E-state index contributed by atoms with van der Waals surface area (Å²) in [6.07, 6.45) is 4.61. The van der Waals surface area contributed by atoms with Crippen molar-refractivity contribution in [2.45, 2.75) is 39.7 Å². The molecule has 0 N–H and O–H groups in total. The number of aromatic nitrogens is 3. The van der Waals surface area contributed by atoms with Crippen molar-refractivity contribution in [1.29, 1.82) is 0 Å². The van der Waals surface area contributed by atoms with Crippen LogP contribution in [0, 0.1) is 6.92 Å². The Morgan fingerprint density at radius 3 is 3.00 bits per heavy atom. The topological polar surface area (TPSA) is 70.2 Å². The van der Waals surface area contributed by atoms with Gasteiger partial charge in [-0.05, 0) is 31.9 Å². The molecule has 6 heteroatoms. The van der Waals surface area contributed by atoms with Gasteiger partial charge >= 0.3 is 5.97 Å². The Bertz CT molecular complexity index is 956. The van der Waals surface area contributed by atoms with Crippen LogP contribution in [0.25, 0.3) is 11.3 Å². The molecule has 0 amide bonds. The van der Waals surface area contributed by atoms with E-state index in [2.05, 4.69) is 18.1 Å². The highest BCUT2D eigenvalue weighted by atomic mass is 16.5. The molecule has 1 aliphatic carbocycles. The van der Waals surface area contributed by atoms with E-state index in [1.54, 1.807) is 13.1 Å². The molecule has 0 bridgehead atoms. The van der Waals surface area contributed by atoms with Gasteiger partial charge in [-0.3, -0.25) is 9.67 Å². The molecule has 6 nitrogen and oxygen atoms in total. The number of nitrogens with zero attached hydrogens (tertiary/aromatic N) is 3. The van der Waals surface area contributed by atoms with E-state index >= 15 is 0 Å². The number of rotatable bonds is 4. The number of carbonyl (C=O) groups excluding carboxylic acids is 1. The zero-order chi connectivity index (χ0) is 18.3. The summed E-state index contributed by atoms with van der Waals surface area (Å²) in [5.74, 6) is 0.960. The van der Waals surface area contributed by atoms with Gasteiger partial charge in [0.2, 0.25) is 5.76 Å². The number of hydrogen-bond acceptors (Lipinski definition) is 5. The van der Waals surface area contributed by atoms with Crippen molar-refractivity contribution in [3.63, 3.8) is 0 Å². The zero-order valence-corrected chi connectivity index (χ0v) is 15.2. The summed E-state index contributed by atoms with van der Waals surface area (Å²) in [5, 5.41) is 4.78. The molecule has 0 fully saturated rings. The van der Waals surface area contributed by atoms with Crippen molar-refractivity contribution in [1.82, 2.24) is 14.8 Å². The van der Waals surface area contributed by atoms with Crippen molar-refractivity contribution in [3.8, 4) is 11.3 Å². The number of ether oxygens (including phenoxy) is 1. The monoisotopic (exact) mass is 351 g/mol. The van der Waals surface area contributed by atoms with Crippen molar-refractivity contribution >= 4 is 5.97 Å². The quantitative estimate of drug-likeness (QED) is 0.670. The number of hydrogen-bond donors (Lipinski definition) is 0. The zero-order valence-electron chi connectivity index (χ0n) is 15.2. The highest BCUT2D eigenvalue weighted by Gasteiger charge is 2.33. The summed E-state index contributed by atoms with van der Waals surface area (Å²) in [7, 11) is 0. The maximum atomic E-state index is 12.2. The number of fused-ring (bicyclic) bond motifs is 3.